The molecular weight excluding hydrogens is 190 g/mol. The Morgan fingerprint density at radius 1 is 1.40 bits per heavy atom. The molecule has 0 spiro atoms. The first-order chi connectivity index (χ1) is 7.04. The number of ether oxygens (including phenoxy) is 1. The van der Waals surface area contributed by atoms with Crippen LogP contribution < -0.4 is 4.74 Å². The molecule has 0 saturated carbocycles. The minimum atomic E-state index is -0.592. The molecule has 3 heteroatoms. The smallest absolute Gasteiger partial charge is 0.181 e. The SMILES string of the molecule is Cc1ccc(OC(C)C#N)c([C@@H](C)O)c1. The van der Waals surface area contributed by atoms with Gasteiger partial charge in [-0.2, -0.15) is 5.26 Å². The Bertz CT molecular complexity index is 380. The number of nitrogens with zero attached hydrogens (tertiary/aromatic N) is 1. The van der Waals surface area contributed by atoms with Crippen LogP contribution in [-0.2, 0) is 0 Å². The van der Waals surface area contributed by atoms with Crippen molar-refractivity contribution in [3.63, 3.8) is 0 Å². The zero-order valence-corrected chi connectivity index (χ0v) is 9.19. The highest BCUT2D eigenvalue weighted by Crippen LogP contribution is 2.26. The van der Waals surface area contributed by atoms with Crippen LogP contribution in [0.15, 0.2) is 18.2 Å². The fourth-order valence-corrected chi connectivity index (χ4v) is 1.32. The monoisotopic (exact) mass is 205 g/mol. The number of aliphatic hydroxyl groups excluding tert-OH is 1. The zero-order valence-electron chi connectivity index (χ0n) is 9.19. The maximum absolute atomic E-state index is 9.55. The summed E-state index contributed by atoms with van der Waals surface area (Å²) in [5.41, 5.74) is 1.78. The maximum atomic E-state index is 9.55. The predicted molar refractivity (Wildman–Crippen MR) is 57.5 cm³/mol. The van der Waals surface area contributed by atoms with Gasteiger partial charge in [-0.3, -0.25) is 0 Å². The van der Waals surface area contributed by atoms with Crippen molar-refractivity contribution in [3.05, 3.63) is 29.3 Å². The Kier molecular flexibility index (Phi) is 3.70. The fraction of sp³-hybridized carbons (Fsp3) is 0.417. The minimum absolute atomic E-state index is 0.509. The number of rotatable bonds is 3. The summed E-state index contributed by atoms with van der Waals surface area (Å²) in [5.74, 6) is 0.574. The third-order valence-corrected chi connectivity index (χ3v) is 2.10. The Morgan fingerprint density at radius 2 is 2.07 bits per heavy atom. The van der Waals surface area contributed by atoms with Crippen molar-refractivity contribution < 1.29 is 9.84 Å². The van der Waals surface area contributed by atoms with Gasteiger partial charge in [0.15, 0.2) is 6.10 Å². The van der Waals surface area contributed by atoms with Crippen LogP contribution in [-0.4, -0.2) is 11.2 Å². The van der Waals surface area contributed by atoms with Crippen molar-refractivity contribution in [3.8, 4) is 11.8 Å². The largest absolute Gasteiger partial charge is 0.475 e. The first-order valence-electron chi connectivity index (χ1n) is 4.89. The van der Waals surface area contributed by atoms with Gasteiger partial charge in [-0.25, -0.2) is 0 Å². The quantitative estimate of drug-likeness (QED) is 0.824. The Labute approximate surface area is 89.9 Å². The average molecular weight is 205 g/mol. The third-order valence-electron chi connectivity index (χ3n) is 2.10. The molecule has 0 heterocycles. The van der Waals surface area contributed by atoms with E-state index in [4.69, 9.17) is 10.00 Å². The van der Waals surface area contributed by atoms with Crippen LogP contribution >= 0.6 is 0 Å². The molecule has 0 bridgehead atoms. The number of hydrogen-bond donors (Lipinski definition) is 1. The van der Waals surface area contributed by atoms with Crippen LogP contribution in [0.5, 0.6) is 5.75 Å². The summed E-state index contributed by atoms with van der Waals surface area (Å²) >= 11 is 0. The van der Waals surface area contributed by atoms with Gasteiger partial charge in [0, 0.05) is 5.56 Å². The van der Waals surface area contributed by atoms with E-state index in [1.807, 2.05) is 25.1 Å². The van der Waals surface area contributed by atoms with Crippen molar-refractivity contribution in [2.75, 3.05) is 0 Å². The summed E-state index contributed by atoms with van der Waals surface area (Å²) in [4.78, 5) is 0. The van der Waals surface area contributed by atoms with Crippen LogP contribution in [0.4, 0.5) is 0 Å². The van der Waals surface area contributed by atoms with Gasteiger partial charge in [-0.1, -0.05) is 11.6 Å². The first-order valence-corrected chi connectivity index (χ1v) is 4.89. The molecule has 1 N–H and O–H groups in total. The maximum Gasteiger partial charge on any atom is 0.181 e. The molecule has 1 unspecified atom stereocenters. The Hall–Kier alpha value is -1.53. The van der Waals surface area contributed by atoms with Crippen molar-refractivity contribution >= 4 is 0 Å². The second kappa shape index (κ2) is 4.81. The highest BCUT2D eigenvalue weighted by Gasteiger charge is 2.11. The lowest BCUT2D eigenvalue weighted by molar-refractivity contribution is 0.187. The summed E-state index contributed by atoms with van der Waals surface area (Å²) in [6.07, 6.45) is -1.10. The number of nitriles is 1. The van der Waals surface area contributed by atoms with E-state index in [1.165, 1.54) is 0 Å². The van der Waals surface area contributed by atoms with Gasteiger partial charge in [0.05, 0.1) is 6.10 Å². The lowest BCUT2D eigenvalue weighted by Gasteiger charge is -2.15. The summed E-state index contributed by atoms with van der Waals surface area (Å²) in [5, 5.41) is 18.2. The van der Waals surface area contributed by atoms with Gasteiger partial charge < -0.3 is 9.84 Å². The van der Waals surface area contributed by atoms with Crippen LogP contribution in [0.1, 0.15) is 31.1 Å². The third kappa shape index (κ3) is 2.97. The molecule has 0 aliphatic carbocycles. The van der Waals surface area contributed by atoms with Crippen molar-refractivity contribution in [1.29, 1.82) is 5.26 Å². The lowest BCUT2D eigenvalue weighted by atomic mass is 10.1. The van der Waals surface area contributed by atoms with Gasteiger partial charge in [-0.05, 0) is 32.9 Å². The minimum Gasteiger partial charge on any atom is -0.475 e. The molecule has 3 nitrogen and oxygen atoms in total. The molecule has 0 aliphatic rings. The molecule has 0 saturated heterocycles. The van der Waals surface area contributed by atoms with Gasteiger partial charge in [0.1, 0.15) is 11.8 Å². The van der Waals surface area contributed by atoms with E-state index in [2.05, 4.69) is 0 Å². The van der Waals surface area contributed by atoms with E-state index in [0.717, 1.165) is 11.1 Å². The van der Waals surface area contributed by atoms with Gasteiger partial charge in [0.25, 0.3) is 0 Å². The molecule has 15 heavy (non-hydrogen) atoms. The molecule has 1 aromatic rings. The lowest BCUT2D eigenvalue weighted by Crippen LogP contribution is -2.10. The van der Waals surface area contributed by atoms with Gasteiger partial charge >= 0.3 is 0 Å². The first kappa shape index (κ1) is 11.5. The number of benzene rings is 1. The van der Waals surface area contributed by atoms with Crippen LogP contribution in [0, 0.1) is 18.3 Å². The zero-order chi connectivity index (χ0) is 11.4. The van der Waals surface area contributed by atoms with E-state index >= 15 is 0 Å². The van der Waals surface area contributed by atoms with E-state index in [-0.39, 0.29) is 0 Å². The van der Waals surface area contributed by atoms with E-state index in [9.17, 15) is 5.11 Å². The molecule has 2 atom stereocenters. The van der Waals surface area contributed by atoms with Crippen molar-refractivity contribution in [1.82, 2.24) is 0 Å². The van der Waals surface area contributed by atoms with E-state index < -0.39 is 12.2 Å². The highest BCUT2D eigenvalue weighted by atomic mass is 16.5. The molecular formula is C12H15NO2. The van der Waals surface area contributed by atoms with Crippen LogP contribution in [0.25, 0.3) is 0 Å². The van der Waals surface area contributed by atoms with Gasteiger partial charge in [-0.15, -0.1) is 0 Å². The highest BCUT2D eigenvalue weighted by molar-refractivity contribution is 5.38. The molecule has 0 aromatic heterocycles. The molecule has 80 valence electrons. The summed E-state index contributed by atoms with van der Waals surface area (Å²) < 4.78 is 5.39. The second-order valence-electron chi connectivity index (χ2n) is 3.61. The Morgan fingerprint density at radius 3 is 2.60 bits per heavy atom. The van der Waals surface area contributed by atoms with Gasteiger partial charge in [0.2, 0.25) is 0 Å². The predicted octanol–water partition coefficient (Wildman–Crippen LogP) is 2.34. The topological polar surface area (TPSA) is 53.2 Å². The van der Waals surface area contributed by atoms with E-state index in [0.29, 0.717) is 5.75 Å². The standard InChI is InChI=1S/C12H15NO2/c1-8-4-5-12(15-9(2)7-13)11(6-8)10(3)14/h4-6,9-10,14H,1-3H3/t9?,10-/m1/s1. The van der Waals surface area contributed by atoms with Crippen molar-refractivity contribution in [2.24, 2.45) is 0 Å². The second-order valence-corrected chi connectivity index (χ2v) is 3.61. The summed E-state index contributed by atoms with van der Waals surface area (Å²) in [7, 11) is 0. The normalized spacial score (nSPS) is 14.1. The number of aliphatic hydroxyl groups is 1. The van der Waals surface area contributed by atoms with Crippen molar-refractivity contribution in [2.45, 2.75) is 33.0 Å². The average Bonchev–Trinajstić information content (AvgIpc) is 2.20. The number of hydrogen-bond acceptors (Lipinski definition) is 3. The molecule has 0 fully saturated rings. The Balaban J connectivity index is 3.02. The van der Waals surface area contributed by atoms with E-state index in [1.54, 1.807) is 19.9 Å². The molecule has 0 radical (unpaired) electrons. The molecule has 1 rings (SSSR count). The fourth-order valence-electron chi connectivity index (χ4n) is 1.32. The molecule has 0 amide bonds. The van der Waals surface area contributed by atoms with Crippen LogP contribution in [0.3, 0.4) is 0 Å². The summed E-state index contributed by atoms with van der Waals surface area (Å²) in [6, 6.07) is 7.53. The number of aryl methyl sites for hydroxylation is 1. The van der Waals surface area contributed by atoms with Crippen LogP contribution in [0.2, 0.25) is 0 Å². The molecule has 0 aliphatic heterocycles. The summed E-state index contributed by atoms with van der Waals surface area (Å²) in [6.45, 7) is 5.30. The molecule has 1 aromatic carbocycles.